The largest absolute Gasteiger partial charge is 0.444 e. The van der Waals surface area contributed by atoms with Crippen molar-refractivity contribution in [1.82, 2.24) is 10.2 Å². The molecular formula is C17H28N2O3. The van der Waals surface area contributed by atoms with Gasteiger partial charge < -0.3 is 15.0 Å². The van der Waals surface area contributed by atoms with Crippen LogP contribution in [0.15, 0.2) is 0 Å². The first-order valence-corrected chi connectivity index (χ1v) is 8.63. The Morgan fingerprint density at radius 3 is 2.18 bits per heavy atom. The SMILES string of the molecule is CC(C)(C)OC(=O)N1C[C@@H]2C(C(=O)NC3CCCCC3)[C@@H]2C1. The third kappa shape index (κ3) is 3.39. The van der Waals surface area contributed by atoms with Crippen molar-refractivity contribution in [3.63, 3.8) is 0 Å². The monoisotopic (exact) mass is 308 g/mol. The second kappa shape index (κ2) is 5.74. The average Bonchev–Trinajstić information content (AvgIpc) is 2.93. The number of amides is 2. The first-order chi connectivity index (χ1) is 10.3. The fourth-order valence-electron chi connectivity index (χ4n) is 3.94. The molecule has 0 spiro atoms. The van der Waals surface area contributed by atoms with E-state index in [0.717, 1.165) is 12.8 Å². The molecule has 0 aromatic heterocycles. The lowest BCUT2D eigenvalue weighted by Crippen LogP contribution is -2.41. The molecule has 3 atom stereocenters. The molecule has 2 amide bonds. The summed E-state index contributed by atoms with van der Waals surface area (Å²) in [6.07, 6.45) is 5.76. The van der Waals surface area contributed by atoms with Crippen LogP contribution in [-0.4, -0.2) is 41.6 Å². The van der Waals surface area contributed by atoms with Gasteiger partial charge in [-0.05, 0) is 45.4 Å². The van der Waals surface area contributed by atoms with Crippen LogP contribution in [0.3, 0.4) is 0 Å². The van der Waals surface area contributed by atoms with Crippen LogP contribution in [0.25, 0.3) is 0 Å². The lowest BCUT2D eigenvalue weighted by Gasteiger charge is -2.26. The molecule has 0 aromatic rings. The number of likely N-dealkylation sites (tertiary alicyclic amines) is 1. The molecular weight excluding hydrogens is 280 g/mol. The normalized spacial score (nSPS) is 31.6. The third-order valence-electron chi connectivity index (χ3n) is 5.10. The van der Waals surface area contributed by atoms with Gasteiger partial charge in [-0.3, -0.25) is 4.79 Å². The fraction of sp³-hybridized carbons (Fsp3) is 0.882. The molecule has 124 valence electrons. The summed E-state index contributed by atoms with van der Waals surface area (Å²) in [4.78, 5) is 26.1. The van der Waals surface area contributed by atoms with Crippen LogP contribution < -0.4 is 5.32 Å². The Balaban J connectivity index is 1.44. The Bertz CT molecular complexity index is 439. The van der Waals surface area contributed by atoms with E-state index in [2.05, 4.69) is 5.32 Å². The second-order valence-corrected chi connectivity index (χ2v) is 8.08. The molecule has 2 aliphatic carbocycles. The molecule has 0 radical (unpaired) electrons. The molecule has 1 N–H and O–H groups in total. The number of rotatable bonds is 2. The highest BCUT2D eigenvalue weighted by Gasteiger charge is 2.60. The molecule has 1 aliphatic heterocycles. The average molecular weight is 308 g/mol. The summed E-state index contributed by atoms with van der Waals surface area (Å²) in [7, 11) is 0. The Kier molecular flexibility index (Phi) is 4.08. The molecule has 3 fully saturated rings. The molecule has 5 heteroatoms. The minimum absolute atomic E-state index is 0.126. The molecule has 0 bridgehead atoms. The standard InChI is InChI=1S/C17H28N2O3/c1-17(2,3)22-16(21)19-9-12-13(10-19)14(12)15(20)18-11-7-5-4-6-8-11/h11-14H,4-10H2,1-3H3,(H,18,20)/t12-,13+,14?. The van der Waals surface area contributed by atoms with Gasteiger partial charge in [-0.15, -0.1) is 0 Å². The number of hydrogen-bond acceptors (Lipinski definition) is 3. The molecule has 3 aliphatic rings. The molecule has 5 nitrogen and oxygen atoms in total. The van der Waals surface area contributed by atoms with Gasteiger partial charge >= 0.3 is 6.09 Å². The first kappa shape index (κ1) is 15.6. The quantitative estimate of drug-likeness (QED) is 0.853. The highest BCUT2D eigenvalue weighted by atomic mass is 16.6. The Morgan fingerprint density at radius 2 is 1.64 bits per heavy atom. The second-order valence-electron chi connectivity index (χ2n) is 8.08. The lowest BCUT2D eigenvalue weighted by atomic mass is 9.95. The van der Waals surface area contributed by atoms with Gasteiger partial charge in [-0.1, -0.05) is 19.3 Å². The number of ether oxygens (including phenoxy) is 1. The van der Waals surface area contributed by atoms with Gasteiger partial charge in [0.25, 0.3) is 0 Å². The third-order valence-corrected chi connectivity index (χ3v) is 5.10. The Hall–Kier alpha value is -1.26. The summed E-state index contributed by atoms with van der Waals surface area (Å²) in [5, 5.41) is 3.22. The van der Waals surface area contributed by atoms with Crippen LogP contribution >= 0.6 is 0 Å². The smallest absolute Gasteiger partial charge is 0.410 e. The van der Waals surface area contributed by atoms with Gasteiger partial charge in [-0.25, -0.2) is 4.79 Å². The van der Waals surface area contributed by atoms with E-state index in [-0.39, 0.29) is 17.9 Å². The summed E-state index contributed by atoms with van der Waals surface area (Å²) in [6.45, 7) is 6.97. The maximum absolute atomic E-state index is 12.3. The van der Waals surface area contributed by atoms with Crippen LogP contribution in [0.1, 0.15) is 52.9 Å². The topological polar surface area (TPSA) is 58.6 Å². The van der Waals surface area contributed by atoms with Crippen molar-refractivity contribution in [2.45, 2.75) is 64.5 Å². The van der Waals surface area contributed by atoms with Gasteiger partial charge in [0, 0.05) is 25.0 Å². The van der Waals surface area contributed by atoms with E-state index < -0.39 is 5.60 Å². The van der Waals surface area contributed by atoms with Gasteiger partial charge in [0.05, 0.1) is 0 Å². The van der Waals surface area contributed by atoms with Crippen molar-refractivity contribution >= 4 is 12.0 Å². The lowest BCUT2D eigenvalue weighted by molar-refractivity contribution is -0.124. The number of carbonyl (C=O) groups is 2. The Morgan fingerprint density at radius 1 is 1.05 bits per heavy atom. The summed E-state index contributed by atoms with van der Waals surface area (Å²) >= 11 is 0. The molecule has 1 heterocycles. The Labute approximate surface area is 132 Å². The van der Waals surface area contributed by atoms with E-state index in [4.69, 9.17) is 4.74 Å². The summed E-state index contributed by atoms with van der Waals surface area (Å²) in [5.74, 6) is 1.03. The maximum Gasteiger partial charge on any atom is 0.410 e. The van der Waals surface area contributed by atoms with E-state index in [1.54, 1.807) is 4.90 Å². The van der Waals surface area contributed by atoms with Crippen molar-refractivity contribution < 1.29 is 14.3 Å². The molecule has 2 saturated carbocycles. The van der Waals surface area contributed by atoms with E-state index in [1.807, 2.05) is 20.8 Å². The van der Waals surface area contributed by atoms with Crippen LogP contribution in [0.2, 0.25) is 0 Å². The van der Waals surface area contributed by atoms with E-state index in [9.17, 15) is 9.59 Å². The van der Waals surface area contributed by atoms with E-state index in [1.165, 1.54) is 19.3 Å². The van der Waals surface area contributed by atoms with Crippen LogP contribution in [-0.2, 0) is 9.53 Å². The molecule has 1 saturated heterocycles. The minimum atomic E-state index is -0.457. The predicted octanol–water partition coefficient (Wildman–Crippen LogP) is 2.55. The maximum atomic E-state index is 12.3. The number of piperidine rings is 1. The van der Waals surface area contributed by atoms with Crippen LogP contribution in [0.5, 0.6) is 0 Å². The molecule has 3 rings (SSSR count). The van der Waals surface area contributed by atoms with Gasteiger partial charge in [0.1, 0.15) is 5.60 Å². The van der Waals surface area contributed by atoms with Gasteiger partial charge in [-0.2, -0.15) is 0 Å². The summed E-state index contributed by atoms with van der Waals surface area (Å²) < 4.78 is 5.39. The summed E-state index contributed by atoms with van der Waals surface area (Å²) in [6, 6.07) is 0.379. The van der Waals surface area contributed by atoms with Crippen LogP contribution in [0.4, 0.5) is 4.79 Å². The number of nitrogens with one attached hydrogen (secondary N) is 1. The number of carbonyl (C=O) groups excluding carboxylic acids is 2. The number of nitrogens with zero attached hydrogens (tertiary/aromatic N) is 1. The van der Waals surface area contributed by atoms with Gasteiger partial charge in [0.2, 0.25) is 5.91 Å². The zero-order valence-corrected chi connectivity index (χ0v) is 13.9. The molecule has 22 heavy (non-hydrogen) atoms. The zero-order chi connectivity index (χ0) is 15.9. The van der Waals surface area contributed by atoms with Crippen molar-refractivity contribution in [2.75, 3.05) is 13.1 Å². The van der Waals surface area contributed by atoms with Crippen molar-refractivity contribution in [1.29, 1.82) is 0 Å². The first-order valence-electron chi connectivity index (χ1n) is 8.63. The van der Waals surface area contributed by atoms with Crippen molar-refractivity contribution in [3.05, 3.63) is 0 Å². The number of fused-ring (bicyclic) bond motifs is 1. The highest BCUT2D eigenvalue weighted by molar-refractivity contribution is 5.83. The highest BCUT2D eigenvalue weighted by Crippen LogP contribution is 2.52. The summed E-state index contributed by atoms with van der Waals surface area (Å²) in [5.41, 5.74) is -0.457. The fourth-order valence-corrected chi connectivity index (χ4v) is 3.94. The predicted molar refractivity (Wildman–Crippen MR) is 83.3 cm³/mol. The minimum Gasteiger partial charge on any atom is -0.444 e. The van der Waals surface area contributed by atoms with E-state index in [0.29, 0.717) is 31.0 Å². The van der Waals surface area contributed by atoms with Crippen molar-refractivity contribution in [2.24, 2.45) is 17.8 Å². The van der Waals surface area contributed by atoms with Crippen LogP contribution in [0, 0.1) is 17.8 Å². The molecule has 1 unspecified atom stereocenters. The zero-order valence-electron chi connectivity index (χ0n) is 13.9. The van der Waals surface area contributed by atoms with Crippen molar-refractivity contribution in [3.8, 4) is 0 Å². The van der Waals surface area contributed by atoms with Gasteiger partial charge in [0.15, 0.2) is 0 Å². The number of hydrogen-bond donors (Lipinski definition) is 1. The van der Waals surface area contributed by atoms with E-state index >= 15 is 0 Å². The molecule has 0 aromatic carbocycles.